The molecule has 0 radical (unpaired) electrons. The van der Waals surface area contributed by atoms with Gasteiger partial charge in [0, 0.05) is 5.56 Å². The van der Waals surface area contributed by atoms with Crippen molar-refractivity contribution < 1.29 is 13.2 Å². The van der Waals surface area contributed by atoms with Crippen molar-refractivity contribution in [3.05, 3.63) is 34.9 Å². The third kappa shape index (κ3) is 3.46. The maximum absolute atomic E-state index is 12.3. The van der Waals surface area contributed by atoms with E-state index in [1.54, 1.807) is 12.1 Å². The van der Waals surface area contributed by atoms with E-state index < -0.39 is 9.84 Å². The van der Waals surface area contributed by atoms with Crippen LogP contribution in [0.25, 0.3) is 0 Å². The molecule has 0 spiro atoms. The average molecular weight is 295 g/mol. The Bertz CT molecular complexity index is 602. The molecule has 0 aliphatic carbocycles. The summed E-state index contributed by atoms with van der Waals surface area (Å²) in [6, 6.07) is 5.35. The van der Waals surface area contributed by atoms with Gasteiger partial charge < -0.3 is 5.32 Å². The summed E-state index contributed by atoms with van der Waals surface area (Å²) < 4.78 is 24.5. The number of piperidine rings is 1. The highest BCUT2D eigenvalue weighted by Crippen LogP contribution is 2.17. The Kier molecular flexibility index (Phi) is 4.60. The zero-order chi connectivity index (χ0) is 14.8. The Morgan fingerprint density at radius 2 is 1.85 bits per heavy atom. The van der Waals surface area contributed by atoms with Gasteiger partial charge in [-0.2, -0.15) is 0 Å². The van der Waals surface area contributed by atoms with E-state index in [2.05, 4.69) is 5.32 Å². The van der Waals surface area contributed by atoms with Gasteiger partial charge in [0.25, 0.3) is 0 Å². The number of sulfone groups is 1. The Hall–Kier alpha value is -1.20. The molecule has 2 rings (SSSR count). The predicted octanol–water partition coefficient (Wildman–Crippen LogP) is 1.65. The lowest BCUT2D eigenvalue weighted by Crippen LogP contribution is -2.38. The Labute approximate surface area is 120 Å². The number of hydrogen-bond donors (Lipinski definition) is 1. The normalized spacial score (nSPS) is 17.1. The molecule has 1 N–H and O–H groups in total. The average Bonchev–Trinajstić information content (AvgIpc) is 2.42. The number of ketones is 1. The molecule has 1 aromatic carbocycles. The Morgan fingerprint density at radius 3 is 2.45 bits per heavy atom. The summed E-state index contributed by atoms with van der Waals surface area (Å²) in [5.41, 5.74) is 2.60. The fourth-order valence-corrected chi connectivity index (χ4v) is 4.18. The minimum absolute atomic E-state index is 0.299. The summed E-state index contributed by atoms with van der Waals surface area (Å²) in [5.74, 6) is -0.674. The number of benzene rings is 1. The summed E-state index contributed by atoms with van der Waals surface area (Å²) in [6.45, 7) is 5.31. The minimum atomic E-state index is -3.34. The van der Waals surface area contributed by atoms with Crippen molar-refractivity contribution in [1.82, 2.24) is 5.32 Å². The summed E-state index contributed by atoms with van der Waals surface area (Å²) in [4.78, 5) is 12.2. The van der Waals surface area contributed by atoms with Crippen molar-refractivity contribution in [1.29, 1.82) is 0 Å². The van der Waals surface area contributed by atoms with E-state index in [0.717, 1.165) is 11.1 Å². The number of carbonyl (C=O) groups excluding carboxylic acids is 1. The molecule has 1 fully saturated rings. The SMILES string of the molecule is Cc1ccc(C(=O)CS(=O)(=O)C2CCNCC2)cc1C. The monoisotopic (exact) mass is 295 g/mol. The molecule has 1 aliphatic heterocycles. The number of Topliss-reactive ketones (excluding diaryl/α,β-unsaturated/α-hetero) is 1. The van der Waals surface area contributed by atoms with Crippen LogP contribution in [0.4, 0.5) is 0 Å². The smallest absolute Gasteiger partial charge is 0.177 e. The highest BCUT2D eigenvalue weighted by molar-refractivity contribution is 7.92. The lowest BCUT2D eigenvalue weighted by atomic mass is 10.0. The second kappa shape index (κ2) is 6.06. The van der Waals surface area contributed by atoms with Gasteiger partial charge >= 0.3 is 0 Å². The first kappa shape index (κ1) is 15.2. The predicted molar refractivity (Wildman–Crippen MR) is 79.9 cm³/mol. The molecule has 1 aliphatic rings. The first-order valence-corrected chi connectivity index (χ1v) is 8.64. The Morgan fingerprint density at radius 1 is 1.20 bits per heavy atom. The molecular weight excluding hydrogens is 274 g/mol. The van der Waals surface area contributed by atoms with Gasteiger partial charge in [-0.05, 0) is 57.0 Å². The quantitative estimate of drug-likeness (QED) is 0.858. The van der Waals surface area contributed by atoms with Crippen LogP contribution in [0.3, 0.4) is 0 Å². The number of rotatable bonds is 4. The van der Waals surface area contributed by atoms with E-state index in [-0.39, 0.29) is 16.8 Å². The van der Waals surface area contributed by atoms with Crippen LogP contribution in [0.1, 0.15) is 34.3 Å². The molecule has 0 unspecified atom stereocenters. The van der Waals surface area contributed by atoms with E-state index in [0.29, 0.717) is 31.5 Å². The number of carbonyl (C=O) groups is 1. The summed E-state index contributed by atoms with van der Waals surface area (Å²) in [6.07, 6.45) is 1.20. The van der Waals surface area contributed by atoms with E-state index in [1.165, 1.54) is 0 Å². The summed E-state index contributed by atoms with van der Waals surface area (Å²) >= 11 is 0. The van der Waals surface area contributed by atoms with Crippen LogP contribution in [-0.2, 0) is 9.84 Å². The molecule has 0 aromatic heterocycles. The van der Waals surface area contributed by atoms with Gasteiger partial charge in [-0.1, -0.05) is 12.1 Å². The van der Waals surface area contributed by atoms with Crippen molar-refractivity contribution in [2.45, 2.75) is 31.9 Å². The van der Waals surface area contributed by atoms with E-state index >= 15 is 0 Å². The largest absolute Gasteiger partial charge is 0.317 e. The maximum atomic E-state index is 12.3. The maximum Gasteiger partial charge on any atom is 0.177 e. The molecule has 0 atom stereocenters. The summed E-state index contributed by atoms with van der Waals surface area (Å²) in [5, 5.41) is 2.76. The zero-order valence-electron chi connectivity index (χ0n) is 12.0. The second-order valence-corrected chi connectivity index (χ2v) is 7.76. The third-order valence-corrected chi connectivity index (χ3v) is 6.11. The Balaban J connectivity index is 2.11. The molecular formula is C15H21NO3S. The molecule has 0 bridgehead atoms. The molecule has 20 heavy (non-hydrogen) atoms. The van der Waals surface area contributed by atoms with Gasteiger partial charge in [-0.3, -0.25) is 4.79 Å². The zero-order valence-corrected chi connectivity index (χ0v) is 12.8. The first-order chi connectivity index (χ1) is 9.40. The molecule has 110 valence electrons. The standard InChI is InChI=1S/C15H21NO3S/c1-11-3-4-13(9-12(11)2)15(17)10-20(18,19)14-5-7-16-8-6-14/h3-4,9,14,16H,5-8,10H2,1-2H3. The number of hydrogen-bond acceptors (Lipinski definition) is 4. The van der Waals surface area contributed by atoms with Gasteiger partial charge in [-0.25, -0.2) is 8.42 Å². The molecule has 1 saturated heterocycles. The van der Waals surface area contributed by atoms with Crippen LogP contribution in [0, 0.1) is 13.8 Å². The highest BCUT2D eigenvalue weighted by Gasteiger charge is 2.29. The molecule has 5 heteroatoms. The van der Waals surface area contributed by atoms with Crippen molar-refractivity contribution in [3.8, 4) is 0 Å². The lowest BCUT2D eigenvalue weighted by molar-refractivity contribution is 0.102. The third-order valence-electron chi connectivity index (χ3n) is 3.96. The van der Waals surface area contributed by atoms with Crippen LogP contribution < -0.4 is 5.32 Å². The van der Waals surface area contributed by atoms with Crippen molar-refractivity contribution in [3.63, 3.8) is 0 Å². The lowest BCUT2D eigenvalue weighted by Gasteiger charge is -2.22. The molecule has 1 aromatic rings. The minimum Gasteiger partial charge on any atom is -0.317 e. The van der Waals surface area contributed by atoms with E-state index in [9.17, 15) is 13.2 Å². The van der Waals surface area contributed by atoms with Gasteiger partial charge in [0.1, 0.15) is 5.75 Å². The molecule has 4 nitrogen and oxygen atoms in total. The second-order valence-electron chi connectivity index (χ2n) is 5.48. The highest BCUT2D eigenvalue weighted by atomic mass is 32.2. The van der Waals surface area contributed by atoms with E-state index in [1.807, 2.05) is 19.9 Å². The van der Waals surface area contributed by atoms with Gasteiger partial charge in [-0.15, -0.1) is 0 Å². The van der Waals surface area contributed by atoms with Gasteiger partial charge in [0.2, 0.25) is 0 Å². The van der Waals surface area contributed by atoms with Crippen LogP contribution in [0.2, 0.25) is 0 Å². The van der Waals surface area contributed by atoms with Crippen molar-refractivity contribution in [2.75, 3.05) is 18.8 Å². The molecule has 0 saturated carbocycles. The molecule has 0 amide bonds. The summed E-state index contributed by atoms with van der Waals surface area (Å²) in [7, 11) is -3.34. The number of aryl methyl sites for hydroxylation is 2. The fourth-order valence-electron chi connectivity index (χ4n) is 2.45. The van der Waals surface area contributed by atoms with Crippen molar-refractivity contribution in [2.24, 2.45) is 0 Å². The van der Waals surface area contributed by atoms with Crippen molar-refractivity contribution >= 4 is 15.6 Å². The van der Waals surface area contributed by atoms with Gasteiger partial charge in [0.15, 0.2) is 15.6 Å². The van der Waals surface area contributed by atoms with Crippen LogP contribution in [0.15, 0.2) is 18.2 Å². The van der Waals surface area contributed by atoms with Crippen LogP contribution >= 0.6 is 0 Å². The topological polar surface area (TPSA) is 63.2 Å². The van der Waals surface area contributed by atoms with Gasteiger partial charge in [0.05, 0.1) is 5.25 Å². The fraction of sp³-hybridized carbons (Fsp3) is 0.533. The van der Waals surface area contributed by atoms with E-state index in [4.69, 9.17) is 0 Å². The molecule has 1 heterocycles. The first-order valence-electron chi connectivity index (χ1n) is 6.93. The number of nitrogens with one attached hydrogen (secondary N) is 1. The van der Waals surface area contributed by atoms with Crippen LogP contribution in [-0.4, -0.2) is 38.3 Å². The van der Waals surface area contributed by atoms with Crippen LogP contribution in [0.5, 0.6) is 0 Å².